The number of carboxylic acids is 4. The summed E-state index contributed by atoms with van der Waals surface area (Å²) in [5.74, 6) is -6.56. The molecular formula is C65H91N13O23S2. The molecule has 566 valence electrons. The number of sulfonamides is 1. The second kappa shape index (κ2) is 41.7. The van der Waals surface area contributed by atoms with Crippen molar-refractivity contribution < 1.29 is 104 Å². The molecule has 4 amide bonds. The van der Waals surface area contributed by atoms with Gasteiger partial charge in [0.15, 0.2) is 11.6 Å². The van der Waals surface area contributed by atoms with E-state index in [-0.39, 0.29) is 176 Å². The number of aliphatic carboxylic acids is 4. The van der Waals surface area contributed by atoms with E-state index in [0.717, 1.165) is 5.56 Å². The van der Waals surface area contributed by atoms with E-state index in [1.165, 1.54) is 56.4 Å². The third-order valence-corrected chi connectivity index (χ3v) is 17.8. The Morgan fingerprint density at radius 3 is 1.71 bits per heavy atom. The Labute approximate surface area is 595 Å². The zero-order valence-electron chi connectivity index (χ0n) is 57.3. The van der Waals surface area contributed by atoms with Crippen LogP contribution in [0.4, 0.5) is 5.95 Å². The number of carbonyl (C=O) groups is 8. The molecule has 36 nitrogen and oxygen atoms in total. The smallest absolute Gasteiger partial charge is 0.354 e. The lowest BCUT2D eigenvalue weighted by Gasteiger charge is -2.33. The molecule has 0 aliphatic carbocycles. The molecule has 1 fully saturated rings. The van der Waals surface area contributed by atoms with Gasteiger partial charge < -0.3 is 79.7 Å². The van der Waals surface area contributed by atoms with Crippen molar-refractivity contribution in [3.63, 3.8) is 0 Å². The SMILES string of the molecule is Cc1cc(OCCCC(=O)NCCCOCCOCCOCCCNC(=O)[C@@H](Cc2ccc(OS(O)(O)O)cc2)NC(=O)CN2CCN(CC(=O)O)CCN(CC(=O)O)CCN(CC(=O)O)CC2)cc(C)c1S(=O)(=O)NC(=CNC(=O)c1cn(C)c2cc(CNc3ncc[nH]3)ccc2c1=O)C(=O)O. The van der Waals surface area contributed by atoms with Gasteiger partial charge in [-0.3, -0.25) is 76.3 Å². The fraction of sp³-hybridized carbons (Fsp3) is 0.477. The van der Waals surface area contributed by atoms with Gasteiger partial charge in [-0.15, -0.1) is 0 Å². The number of rotatable bonds is 42. The largest absolute Gasteiger partial charge is 0.494 e. The molecule has 1 atom stereocenters. The molecule has 3 heterocycles. The molecule has 3 aromatic carbocycles. The van der Waals surface area contributed by atoms with Crippen molar-refractivity contribution in [1.29, 1.82) is 0 Å². The van der Waals surface area contributed by atoms with Crippen LogP contribution in [0.3, 0.4) is 0 Å². The number of benzene rings is 3. The summed E-state index contributed by atoms with van der Waals surface area (Å²) in [6.45, 7) is 5.69. The number of hydrogen-bond donors (Lipinski definition) is 14. The van der Waals surface area contributed by atoms with Gasteiger partial charge in [-0.05, 0) is 91.8 Å². The fourth-order valence-electron chi connectivity index (χ4n) is 10.8. The summed E-state index contributed by atoms with van der Waals surface area (Å²) in [5, 5.41) is 52.6. The average Bonchev–Trinajstić information content (AvgIpc) is 0.983. The van der Waals surface area contributed by atoms with Gasteiger partial charge >= 0.3 is 23.9 Å². The predicted octanol–water partition coefficient (Wildman–Crippen LogP) is 1.07. The van der Waals surface area contributed by atoms with Gasteiger partial charge in [0.1, 0.15) is 23.1 Å². The Hall–Kier alpha value is -9.32. The fourth-order valence-corrected chi connectivity index (χ4v) is 12.6. The molecule has 0 spiro atoms. The molecule has 6 rings (SSSR count). The van der Waals surface area contributed by atoms with Crippen LogP contribution in [-0.2, 0) is 77.8 Å². The lowest BCUT2D eigenvalue weighted by molar-refractivity contribution is -0.140. The van der Waals surface area contributed by atoms with Crippen molar-refractivity contribution in [3.8, 4) is 11.5 Å². The van der Waals surface area contributed by atoms with Gasteiger partial charge in [0.2, 0.25) is 23.2 Å². The standard InChI is InChI=1S/C65H91N13O23S2/c1-44-33-49(34-45(2)61(44)102(92,93)73-53(64(90)91)38-70-62(88)51-39-74(3)54-36-47(10-13-50(54)60(51)87)37-71-65-68-16-17-69-65)100-28-4-7-55(79)66-14-5-26-97-29-31-99-32-30-98-27-6-15-67-63(89)52(35-46-8-11-48(12-9-46)101-103(94,95)96)72-56(80)40-75-18-20-76(41-57(81)82)22-24-78(43-59(85)86)25-23-77(21-19-75)42-58(83)84/h8-13,16-17,33-34,36,38-39,52,73,94-96H,4-7,14-15,18-32,35,37,40-43H2,1-3H3,(H,66,79)(H,67,89)(H,70,88)(H,72,80)(H,81,82)(H,83,84)(H,85,86)(H,90,91)(H2,68,69,71)/t52-/m1/s1. The zero-order valence-corrected chi connectivity index (χ0v) is 59.0. The number of H-pyrrole nitrogens is 1. The van der Waals surface area contributed by atoms with E-state index < -0.39 is 79.9 Å². The first kappa shape index (κ1) is 82.6. The van der Waals surface area contributed by atoms with E-state index >= 15 is 0 Å². The van der Waals surface area contributed by atoms with Crippen LogP contribution in [-0.4, -0.2) is 268 Å². The number of carboxylic acid groups (broad SMARTS) is 4. The average molecular weight is 1490 g/mol. The van der Waals surface area contributed by atoms with Gasteiger partial charge in [-0.1, -0.05) is 18.2 Å². The minimum atomic E-state index is -4.56. The monoisotopic (exact) mass is 1490 g/mol. The summed E-state index contributed by atoms with van der Waals surface area (Å²) in [4.78, 5) is 127. The molecule has 0 unspecified atom stereocenters. The molecule has 1 aliphatic heterocycles. The van der Waals surface area contributed by atoms with Crippen LogP contribution in [0, 0.1) is 13.8 Å². The van der Waals surface area contributed by atoms with Crippen molar-refractivity contribution in [2.24, 2.45) is 7.05 Å². The third-order valence-electron chi connectivity index (χ3n) is 15.7. The van der Waals surface area contributed by atoms with Crippen molar-refractivity contribution in [2.45, 2.75) is 63.4 Å². The van der Waals surface area contributed by atoms with Crippen LogP contribution in [0.1, 0.15) is 58.3 Å². The minimum Gasteiger partial charge on any atom is -0.494 e. The highest BCUT2D eigenvalue weighted by Gasteiger charge is 2.28. The van der Waals surface area contributed by atoms with Crippen LogP contribution in [0.2, 0.25) is 0 Å². The number of aromatic nitrogens is 3. The Morgan fingerprint density at radius 1 is 0.650 bits per heavy atom. The van der Waals surface area contributed by atoms with Crippen LogP contribution < -0.4 is 45.7 Å². The Morgan fingerprint density at radius 2 is 1.18 bits per heavy atom. The number of carbonyl (C=O) groups excluding carboxylic acids is 4. The molecule has 1 aliphatic rings. The first-order valence-electron chi connectivity index (χ1n) is 32.8. The number of aryl methyl sites for hydroxylation is 3. The van der Waals surface area contributed by atoms with Crippen molar-refractivity contribution in [3.05, 3.63) is 123 Å². The van der Waals surface area contributed by atoms with Crippen molar-refractivity contribution in [1.82, 2.24) is 60.1 Å². The van der Waals surface area contributed by atoms with E-state index in [9.17, 15) is 85.7 Å². The number of ether oxygens (including phenoxy) is 4. The number of pyridine rings is 1. The second-order valence-electron chi connectivity index (χ2n) is 23.9. The number of amides is 4. The van der Waals surface area contributed by atoms with Crippen LogP contribution in [0.5, 0.6) is 11.5 Å². The highest BCUT2D eigenvalue weighted by atomic mass is 32.3. The molecule has 38 heteroatoms. The van der Waals surface area contributed by atoms with Crippen LogP contribution >= 0.6 is 11.2 Å². The number of fused-ring (bicyclic) bond motifs is 1. The van der Waals surface area contributed by atoms with E-state index in [1.807, 2.05) is 4.72 Å². The Kier molecular flexibility index (Phi) is 33.5. The summed E-state index contributed by atoms with van der Waals surface area (Å²) in [5.41, 5.74) is 0.464. The van der Waals surface area contributed by atoms with Crippen LogP contribution in [0.25, 0.3) is 10.9 Å². The third kappa shape index (κ3) is 29.9. The molecule has 0 bridgehead atoms. The first-order chi connectivity index (χ1) is 49.0. The maximum Gasteiger partial charge on any atom is 0.354 e. The van der Waals surface area contributed by atoms with Gasteiger partial charge in [-0.25, -0.2) is 18.2 Å². The molecule has 5 aromatic rings. The Balaban J connectivity index is 0.847. The number of nitrogens with one attached hydrogen (secondary N) is 7. The van der Waals surface area contributed by atoms with Gasteiger partial charge in [0, 0.05) is 135 Å². The molecule has 14 N–H and O–H groups in total. The lowest BCUT2D eigenvalue weighted by atomic mass is 10.0. The normalized spacial score (nSPS) is 14.5. The van der Waals surface area contributed by atoms with Gasteiger partial charge in [0.25, 0.3) is 27.1 Å². The lowest BCUT2D eigenvalue weighted by Crippen LogP contribution is -2.53. The number of imidazole rings is 1. The molecule has 0 saturated carbocycles. The molecule has 1 saturated heterocycles. The molecular weight excluding hydrogens is 1390 g/mol. The number of anilines is 1. The summed E-state index contributed by atoms with van der Waals surface area (Å²) in [6, 6.07) is 12.5. The topological polar surface area (TPSA) is 494 Å². The number of nitrogens with zero attached hydrogens (tertiary/aromatic N) is 6. The van der Waals surface area contributed by atoms with Gasteiger partial charge in [-0.2, -0.15) is 0 Å². The maximum atomic E-state index is 13.8. The van der Waals surface area contributed by atoms with Crippen LogP contribution in [0.15, 0.2) is 94.8 Å². The predicted molar refractivity (Wildman–Crippen MR) is 374 cm³/mol. The molecule has 0 radical (unpaired) electrons. The van der Waals surface area contributed by atoms with E-state index in [1.54, 1.807) is 61.8 Å². The summed E-state index contributed by atoms with van der Waals surface area (Å²) >= 11 is -4.32. The minimum absolute atomic E-state index is 0.0406. The van der Waals surface area contributed by atoms with E-state index in [0.29, 0.717) is 67.9 Å². The quantitative estimate of drug-likeness (QED) is 0.0192. The highest BCUT2D eigenvalue weighted by molar-refractivity contribution is 8.15. The van der Waals surface area contributed by atoms with Crippen molar-refractivity contribution in [2.75, 3.05) is 143 Å². The second-order valence-corrected chi connectivity index (χ2v) is 26.6. The first-order valence-corrected chi connectivity index (χ1v) is 35.7. The van der Waals surface area contributed by atoms with Crippen molar-refractivity contribution >= 4 is 85.5 Å². The number of aromatic amines is 1. The molecule has 103 heavy (non-hydrogen) atoms. The Bertz CT molecular complexity index is 3820. The number of hydrogen-bond acceptors (Lipinski definition) is 25. The van der Waals surface area contributed by atoms with Gasteiger partial charge in [0.05, 0.1) is 69.6 Å². The maximum absolute atomic E-state index is 13.8. The highest BCUT2D eigenvalue weighted by Crippen LogP contribution is 2.36. The van der Waals surface area contributed by atoms with E-state index in [4.69, 9.17) is 23.1 Å². The summed E-state index contributed by atoms with van der Waals surface area (Å²) in [7, 11) is -2.92. The summed E-state index contributed by atoms with van der Waals surface area (Å²) in [6.07, 6.45) is 6.54. The zero-order chi connectivity index (χ0) is 75.1. The van der Waals surface area contributed by atoms with E-state index in [2.05, 4.69) is 36.6 Å². The molecule has 2 aromatic heterocycles. The summed E-state index contributed by atoms with van der Waals surface area (Å²) < 4.78 is 86.2.